The number of nitrogens with zero attached hydrogens (tertiary/aromatic N) is 1. The Balaban J connectivity index is 1.99. The molecule has 4 aromatic rings. The summed E-state index contributed by atoms with van der Waals surface area (Å²) in [6, 6.07) is 11.4. The second-order valence-electron chi connectivity index (χ2n) is 5.89. The van der Waals surface area contributed by atoms with Gasteiger partial charge in [0, 0.05) is 27.7 Å². The van der Waals surface area contributed by atoms with Crippen LogP contribution in [0.4, 0.5) is 11.5 Å². The van der Waals surface area contributed by atoms with E-state index in [1.807, 2.05) is 0 Å². The Hall–Kier alpha value is -3.58. The Morgan fingerprint density at radius 2 is 1.78 bits per heavy atom. The zero-order valence-electron chi connectivity index (χ0n) is 13.7. The van der Waals surface area contributed by atoms with Crippen LogP contribution in [0.15, 0.2) is 48.7 Å². The van der Waals surface area contributed by atoms with Gasteiger partial charge in [0.05, 0.1) is 22.2 Å². The summed E-state index contributed by atoms with van der Waals surface area (Å²) in [5, 5.41) is 23.5. The molecule has 8 heteroatoms. The third kappa shape index (κ3) is 2.94. The van der Waals surface area contributed by atoms with E-state index >= 15 is 0 Å². The fourth-order valence-corrected chi connectivity index (χ4v) is 3.09. The number of fused-ring (bicyclic) bond motifs is 3. The van der Waals surface area contributed by atoms with Gasteiger partial charge in [-0.1, -0.05) is 17.7 Å². The van der Waals surface area contributed by atoms with E-state index < -0.39 is 11.9 Å². The van der Waals surface area contributed by atoms with E-state index in [0.29, 0.717) is 38.3 Å². The number of nitrogens with one attached hydrogen (secondary N) is 2. The van der Waals surface area contributed by atoms with Crippen LogP contribution in [0.25, 0.3) is 21.8 Å². The van der Waals surface area contributed by atoms with Gasteiger partial charge in [-0.3, -0.25) is 0 Å². The van der Waals surface area contributed by atoms with E-state index in [-0.39, 0.29) is 11.1 Å². The van der Waals surface area contributed by atoms with Crippen LogP contribution in [0.3, 0.4) is 0 Å². The molecule has 0 aliphatic rings. The summed E-state index contributed by atoms with van der Waals surface area (Å²) >= 11 is 5.90. The van der Waals surface area contributed by atoms with Gasteiger partial charge in [0.1, 0.15) is 0 Å². The van der Waals surface area contributed by atoms with Crippen LogP contribution in [0.5, 0.6) is 0 Å². The molecule has 4 N–H and O–H groups in total. The van der Waals surface area contributed by atoms with Crippen LogP contribution < -0.4 is 5.32 Å². The molecule has 4 rings (SSSR count). The highest BCUT2D eigenvalue weighted by molar-refractivity contribution is 6.30. The van der Waals surface area contributed by atoms with Gasteiger partial charge in [-0.25, -0.2) is 14.6 Å². The smallest absolute Gasteiger partial charge is 0.337 e. The first-order chi connectivity index (χ1) is 12.9. The minimum Gasteiger partial charge on any atom is -0.478 e. The summed E-state index contributed by atoms with van der Waals surface area (Å²) < 4.78 is 0. The van der Waals surface area contributed by atoms with Crippen LogP contribution in [-0.4, -0.2) is 32.1 Å². The number of hydrogen-bond acceptors (Lipinski definition) is 4. The van der Waals surface area contributed by atoms with Gasteiger partial charge in [0.25, 0.3) is 0 Å². The molecule has 134 valence electrons. The normalized spacial score (nSPS) is 11.0. The van der Waals surface area contributed by atoms with Crippen molar-refractivity contribution in [2.75, 3.05) is 5.32 Å². The first-order valence-corrected chi connectivity index (χ1v) is 8.26. The first kappa shape index (κ1) is 16.9. The number of aromatic nitrogens is 2. The number of aromatic amines is 1. The van der Waals surface area contributed by atoms with E-state index in [1.165, 1.54) is 18.3 Å². The molecule has 0 fully saturated rings. The number of benzene rings is 2. The minimum atomic E-state index is -1.09. The highest BCUT2D eigenvalue weighted by atomic mass is 35.5. The molecule has 2 heterocycles. The molecule has 0 spiro atoms. The van der Waals surface area contributed by atoms with Gasteiger partial charge in [0.2, 0.25) is 0 Å². The lowest BCUT2D eigenvalue weighted by Crippen LogP contribution is -2.00. The quantitative estimate of drug-likeness (QED) is 0.413. The molecule has 2 aromatic heterocycles. The van der Waals surface area contributed by atoms with Gasteiger partial charge in [-0.2, -0.15) is 0 Å². The Morgan fingerprint density at radius 1 is 1.04 bits per heavy atom. The molecule has 0 saturated carbocycles. The molecule has 7 nitrogen and oxygen atoms in total. The van der Waals surface area contributed by atoms with E-state index in [4.69, 9.17) is 11.6 Å². The van der Waals surface area contributed by atoms with Crippen molar-refractivity contribution in [2.45, 2.75) is 0 Å². The lowest BCUT2D eigenvalue weighted by Gasteiger charge is -2.10. The van der Waals surface area contributed by atoms with Gasteiger partial charge < -0.3 is 20.5 Å². The molecule has 27 heavy (non-hydrogen) atoms. The number of H-pyrrole nitrogens is 1. The average Bonchev–Trinajstić information content (AvgIpc) is 3.09. The molecule has 0 saturated heterocycles. The van der Waals surface area contributed by atoms with Gasteiger partial charge >= 0.3 is 11.9 Å². The predicted octanol–water partition coefficient (Wildman–Crippen LogP) is 4.51. The molecule has 0 bridgehead atoms. The number of carboxylic acid groups (broad SMARTS) is 2. The second-order valence-corrected chi connectivity index (χ2v) is 6.32. The van der Waals surface area contributed by atoms with E-state index in [0.717, 1.165) is 0 Å². The van der Waals surface area contributed by atoms with Crippen LogP contribution in [-0.2, 0) is 0 Å². The van der Waals surface area contributed by atoms with Crippen molar-refractivity contribution in [2.24, 2.45) is 0 Å². The minimum absolute atomic E-state index is 0.0687. The SMILES string of the molecule is O=C(O)c1ccc2c(c1)nc(Nc1ccc(Cl)cc1)c1[nH]cc(C(=O)O)c12. The van der Waals surface area contributed by atoms with Crippen molar-refractivity contribution >= 4 is 56.9 Å². The molecule has 0 amide bonds. The molecular formula is C19H12ClN3O4. The lowest BCUT2D eigenvalue weighted by atomic mass is 10.0. The summed E-state index contributed by atoms with van der Waals surface area (Å²) in [7, 11) is 0. The monoisotopic (exact) mass is 381 g/mol. The summed E-state index contributed by atoms with van der Waals surface area (Å²) in [6.07, 6.45) is 1.40. The third-order valence-electron chi connectivity index (χ3n) is 4.20. The number of carbonyl (C=O) groups is 2. The first-order valence-electron chi connectivity index (χ1n) is 7.88. The van der Waals surface area contributed by atoms with Gasteiger partial charge in [-0.05, 0) is 36.4 Å². The van der Waals surface area contributed by atoms with Crippen LogP contribution in [0, 0.1) is 0 Å². The number of carboxylic acids is 2. The highest BCUT2D eigenvalue weighted by Crippen LogP contribution is 2.33. The fraction of sp³-hybridized carbons (Fsp3) is 0. The maximum absolute atomic E-state index is 11.6. The largest absolute Gasteiger partial charge is 0.478 e. The molecule has 2 aromatic carbocycles. The summed E-state index contributed by atoms with van der Waals surface area (Å²) in [5.41, 5.74) is 1.74. The number of anilines is 2. The van der Waals surface area contributed by atoms with Crippen molar-refractivity contribution in [1.82, 2.24) is 9.97 Å². The van der Waals surface area contributed by atoms with E-state index in [2.05, 4.69) is 15.3 Å². The van der Waals surface area contributed by atoms with Crippen LogP contribution >= 0.6 is 11.6 Å². The predicted molar refractivity (Wildman–Crippen MR) is 102 cm³/mol. The molecule has 0 radical (unpaired) electrons. The number of pyridine rings is 1. The number of aromatic carboxylic acids is 2. The lowest BCUT2D eigenvalue weighted by molar-refractivity contribution is 0.0687. The third-order valence-corrected chi connectivity index (χ3v) is 4.45. The molecule has 0 atom stereocenters. The Kier molecular flexibility index (Phi) is 3.93. The maximum atomic E-state index is 11.6. The molecule has 0 unspecified atom stereocenters. The van der Waals surface area contributed by atoms with Crippen molar-refractivity contribution in [3.05, 3.63) is 64.8 Å². The molecule has 0 aliphatic carbocycles. The van der Waals surface area contributed by atoms with Gasteiger partial charge in [0.15, 0.2) is 5.82 Å². The fourth-order valence-electron chi connectivity index (χ4n) is 2.96. The summed E-state index contributed by atoms with van der Waals surface area (Å²) in [5.74, 6) is -1.79. The van der Waals surface area contributed by atoms with Crippen molar-refractivity contribution in [3.8, 4) is 0 Å². The van der Waals surface area contributed by atoms with Gasteiger partial charge in [-0.15, -0.1) is 0 Å². The zero-order chi connectivity index (χ0) is 19.1. The molecular weight excluding hydrogens is 370 g/mol. The molecule has 0 aliphatic heterocycles. The van der Waals surface area contributed by atoms with Crippen molar-refractivity contribution in [3.63, 3.8) is 0 Å². The van der Waals surface area contributed by atoms with Crippen LogP contribution in [0.1, 0.15) is 20.7 Å². The Bertz CT molecular complexity index is 1220. The standard InChI is InChI=1S/C19H12ClN3O4/c20-10-2-4-11(5-3-10)22-17-16-15(13(8-21-16)19(26)27)12-6-1-9(18(24)25)7-14(12)23-17/h1-8,21H,(H,22,23)(H,24,25)(H,26,27). The van der Waals surface area contributed by atoms with E-state index in [9.17, 15) is 19.8 Å². The highest BCUT2D eigenvalue weighted by Gasteiger charge is 2.19. The summed E-state index contributed by atoms with van der Waals surface area (Å²) in [4.78, 5) is 30.4. The zero-order valence-corrected chi connectivity index (χ0v) is 14.4. The second kappa shape index (κ2) is 6.30. The topological polar surface area (TPSA) is 115 Å². The maximum Gasteiger partial charge on any atom is 0.337 e. The number of hydrogen-bond donors (Lipinski definition) is 4. The Morgan fingerprint density at radius 3 is 2.44 bits per heavy atom. The summed E-state index contributed by atoms with van der Waals surface area (Å²) in [6.45, 7) is 0. The van der Waals surface area contributed by atoms with Crippen LogP contribution in [0.2, 0.25) is 5.02 Å². The Labute approximate surface area is 157 Å². The van der Waals surface area contributed by atoms with E-state index in [1.54, 1.807) is 30.3 Å². The number of halogens is 1. The number of rotatable bonds is 4. The van der Waals surface area contributed by atoms with Crippen molar-refractivity contribution < 1.29 is 19.8 Å². The van der Waals surface area contributed by atoms with Crippen molar-refractivity contribution in [1.29, 1.82) is 0 Å². The average molecular weight is 382 g/mol.